The SMILES string of the molecule is COc1cccc(-c2[nH]c3ccc(F)cc3c2C(C)C(=O)NCc2cc(C)no2)c1F. The fraction of sp³-hybridized carbons (Fsp3) is 0.217. The molecule has 4 aromatic rings. The molecule has 0 aliphatic rings. The van der Waals surface area contributed by atoms with E-state index < -0.39 is 17.6 Å². The molecule has 2 heterocycles. The largest absolute Gasteiger partial charge is 0.494 e. The smallest absolute Gasteiger partial charge is 0.227 e. The van der Waals surface area contributed by atoms with Crippen LogP contribution < -0.4 is 10.1 Å². The highest BCUT2D eigenvalue weighted by molar-refractivity contribution is 5.97. The lowest BCUT2D eigenvalue weighted by Gasteiger charge is -2.15. The maximum Gasteiger partial charge on any atom is 0.227 e. The van der Waals surface area contributed by atoms with Gasteiger partial charge in [-0.15, -0.1) is 0 Å². The van der Waals surface area contributed by atoms with Gasteiger partial charge in [0.05, 0.1) is 31.0 Å². The number of H-pyrrole nitrogens is 1. The molecule has 4 rings (SSSR count). The van der Waals surface area contributed by atoms with Crippen molar-refractivity contribution in [1.82, 2.24) is 15.5 Å². The molecule has 31 heavy (non-hydrogen) atoms. The van der Waals surface area contributed by atoms with E-state index in [2.05, 4.69) is 15.5 Å². The number of aryl methyl sites for hydroxylation is 1. The van der Waals surface area contributed by atoms with E-state index in [1.807, 2.05) is 0 Å². The maximum atomic E-state index is 15.0. The number of nitrogens with zero attached hydrogens (tertiary/aromatic N) is 1. The van der Waals surface area contributed by atoms with E-state index in [9.17, 15) is 9.18 Å². The third-order valence-corrected chi connectivity index (χ3v) is 5.19. The molecule has 0 fully saturated rings. The van der Waals surface area contributed by atoms with Crippen molar-refractivity contribution in [3.8, 4) is 17.0 Å². The highest BCUT2D eigenvalue weighted by atomic mass is 19.1. The Bertz CT molecular complexity index is 1260. The van der Waals surface area contributed by atoms with Gasteiger partial charge in [0.2, 0.25) is 5.91 Å². The number of aromatic nitrogens is 2. The number of hydrogen-bond acceptors (Lipinski definition) is 4. The number of amides is 1. The molecule has 0 saturated carbocycles. The molecule has 0 radical (unpaired) electrons. The Morgan fingerprint density at radius 1 is 1.26 bits per heavy atom. The number of fused-ring (bicyclic) bond motifs is 1. The summed E-state index contributed by atoms with van der Waals surface area (Å²) in [5.41, 5.74) is 2.43. The van der Waals surface area contributed by atoms with Crippen LogP contribution in [0.1, 0.15) is 29.9 Å². The van der Waals surface area contributed by atoms with E-state index in [0.717, 1.165) is 0 Å². The van der Waals surface area contributed by atoms with E-state index >= 15 is 4.39 Å². The molecule has 2 N–H and O–H groups in total. The van der Waals surface area contributed by atoms with Crippen LogP contribution in [0.5, 0.6) is 5.75 Å². The Morgan fingerprint density at radius 3 is 2.77 bits per heavy atom. The molecule has 1 atom stereocenters. The van der Waals surface area contributed by atoms with Crippen LogP contribution in [-0.2, 0) is 11.3 Å². The van der Waals surface area contributed by atoms with Crippen LogP contribution in [0.15, 0.2) is 47.0 Å². The zero-order valence-corrected chi connectivity index (χ0v) is 17.3. The summed E-state index contributed by atoms with van der Waals surface area (Å²) < 4.78 is 39.3. The second-order valence-electron chi connectivity index (χ2n) is 7.30. The van der Waals surface area contributed by atoms with Crippen LogP contribution in [-0.4, -0.2) is 23.2 Å². The number of hydrogen-bond donors (Lipinski definition) is 2. The summed E-state index contributed by atoms with van der Waals surface area (Å²) in [7, 11) is 1.38. The first-order valence-electron chi connectivity index (χ1n) is 9.73. The van der Waals surface area contributed by atoms with Crippen LogP contribution in [0, 0.1) is 18.6 Å². The number of benzene rings is 2. The minimum Gasteiger partial charge on any atom is -0.494 e. The number of nitrogens with one attached hydrogen (secondary N) is 2. The zero-order valence-electron chi connectivity index (χ0n) is 17.3. The van der Waals surface area contributed by atoms with E-state index in [1.165, 1.54) is 25.3 Å². The van der Waals surface area contributed by atoms with E-state index in [4.69, 9.17) is 9.26 Å². The molecule has 0 aliphatic carbocycles. The number of methoxy groups -OCH3 is 1. The maximum absolute atomic E-state index is 15.0. The van der Waals surface area contributed by atoms with Crippen molar-refractivity contribution in [2.45, 2.75) is 26.3 Å². The molecule has 0 aliphatic heterocycles. The van der Waals surface area contributed by atoms with Gasteiger partial charge in [-0.05, 0) is 49.7 Å². The summed E-state index contributed by atoms with van der Waals surface area (Å²) in [6, 6.07) is 10.7. The van der Waals surface area contributed by atoms with Gasteiger partial charge in [0.25, 0.3) is 0 Å². The third kappa shape index (κ3) is 3.88. The second-order valence-corrected chi connectivity index (χ2v) is 7.30. The van der Waals surface area contributed by atoms with Gasteiger partial charge in [0.15, 0.2) is 17.3 Å². The normalized spacial score (nSPS) is 12.2. The van der Waals surface area contributed by atoms with Crippen molar-refractivity contribution < 1.29 is 22.8 Å². The molecule has 6 nitrogen and oxygen atoms in total. The van der Waals surface area contributed by atoms with Gasteiger partial charge in [-0.2, -0.15) is 0 Å². The van der Waals surface area contributed by atoms with E-state index in [-0.39, 0.29) is 23.8 Å². The number of rotatable bonds is 6. The number of carbonyl (C=O) groups is 1. The lowest BCUT2D eigenvalue weighted by atomic mass is 9.93. The highest BCUT2D eigenvalue weighted by Crippen LogP contribution is 2.38. The minimum atomic E-state index is -0.708. The molecule has 1 amide bonds. The van der Waals surface area contributed by atoms with E-state index in [0.29, 0.717) is 33.6 Å². The number of carbonyl (C=O) groups excluding carboxylic acids is 1. The Morgan fingerprint density at radius 2 is 2.06 bits per heavy atom. The van der Waals surface area contributed by atoms with Crippen LogP contribution in [0.25, 0.3) is 22.2 Å². The van der Waals surface area contributed by atoms with Crippen LogP contribution >= 0.6 is 0 Å². The standard InChI is InChI=1S/C23H21F2N3O3/c1-12-9-15(31-28-12)11-26-23(29)13(2)20-17-10-14(24)7-8-18(17)27-22(20)16-5-4-6-19(30-3)21(16)25/h4-10,13,27H,11H2,1-3H3,(H,26,29). The number of aromatic amines is 1. The first-order chi connectivity index (χ1) is 14.9. The Hall–Kier alpha value is -3.68. The predicted molar refractivity (Wildman–Crippen MR) is 112 cm³/mol. The van der Waals surface area contributed by atoms with Gasteiger partial charge in [-0.25, -0.2) is 8.78 Å². The summed E-state index contributed by atoms with van der Waals surface area (Å²) in [6.07, 6.45) is 0. The Balaban J connectivity index is 1.77. The molecule has 0 bridgehead atoms. The predicted octanol–water partition coefficient (Wildman–Crippen LogP) is 4.84. The summed E-state index contributed by atoms with van der Waals surface area (Å²) in [5.74, 6) is -1.45. The Labute approximate surface area is 177 Å². The average molecular weight is 425 g/mol. The Kier molecular flexibility index (Phi) is 5.46. The minimum absolute atomic E-state index is 0.0751. The van der Waals surface area contributed by atoms with Gasteiger partial charge >= 0.3 is 0 Å². The fourth-order valence-corrected chi connectivity index (χ4v) is 3.67. The van der Waals surface area contributed by atoms with Gasteiger partial charge in [-0.1, -0.05) is 11.2 Å². The second kappa shape index (κ2) is 8.22. The topological polar surface area (TPSA) is 80.2 Å². The van der Waals surface area contributed by atoms with Crippen molar-refractivity contribution in [3.05, 3.63) is 71.1 Å². The molecular weight excluding hydrogens is 404 g/mol. The summed E-state index contributed by atoms with van der Waals surface area (Å²) >= 11 is 0. The summed E-state index contributed by atoms with van der Waals surface area (Å²) in [5, 5.41) is 7.10. The molecule has 1 unspecified atom stereocenters. The van der Waals surface area contributed by atoms with Crippen LogP contribution in [0.3, 0.4) is 0 Å². The zero-order chi connectivity index (χ0) is 22.1. The first kappa shape index (κ1) is 20.6. The number of halogens is 2. The molecule has 0 spiro atoms. The van der Waals surface area contributed by atoms with Crippen LogP contribution in [0.4, 0.5) is 8.78 Å². The van der Waals surface area contributed by atoms with Crippen molar-refractivity contribution >= 4 is 16.8 Å². The summed E-state index contributed by atoms with van der Waals surface area (Å²) in [4.78, 5) is 16.1. The van der Waals surface area contributed by atoms with Crippen molar-refractivity contribution in [1.29, 1.82) is 0 Å². The van der Waals surface area contributed by atoms with Crippen molar-refractivity contribution in [2.24, 2.45) is 0 Å². The third-order valence-electron chi connectivity index (χ3n) is 5.19. The van der Waals surface area contributed by atoms with Gasteiger partial charge in [0, 0.05) is 22.5 Å². The molecule has 0 saturated heterocycles. The average Bonchev–Trinajstić information content (AvgIpc) is 3.34. The van der Waals surface area contributed by atoms with Gasteiger partial charge in [0.1, 0.15) is 5.82 Å². The lowest BCUT2D eigenvalue weighted by molar-refractivity contribution is -0.122. The highest BCUT2D eigenvalue weighted by Gasteiger charge is 2.26. The number of ether oxygens (including phenoxy) is 1. The quantitative estimate of drug-likeness (QED) is 0.463. The monoisotopic (exact) mass is 425 g/mol. The fourth-order valence-electron chi connectivity index (χ4n) is 3.67. The van der Waals surface area contributed by atoms with Crippen molar-refractivity contribution in [2.75, 3.05) is 7.11 Å². The van der Waals surface area contributed by atoms with E-state index in [1.54, 1.807) is 38.1 Å². The first-order valence-corrected chi connectivity index (χ1v) is 9.73. The van der Waals surface area contributed by atoms with Crippen LogP contribution in [0.2, 0.25) is 0 Å². The lowest BCUT2D eigenvalue weighted by Crippen LogP contribution is -2.27. The van der Waals surface area contributed by atoms with Gasteiger partial charge < -0.3 is 19.6 Å². The van der Waals surface area contributed by atoms with Crippen molar-refractivity contribution in [3.63, 3.8) is 0 Å². The molecule has 2 aromatic carbocycles. The van der Waals surface area contributed by atoms with Gasteiger partial charge in [-0.3, -0.25) is 4.79 Å². The molecular formula is C23H21F2N3O3. The molecule has 8 heteroatoms. The molecule has 160 valence electrons. The molecule has 2 aromatic heterocycles. The summed E-state index contributed by atoms with van der Waals surface area (Å²) in [6.45, 7) is 3.63.